The van der Waals surface area contributed by atoms with Crippen LogP contribution in [-0.4, -0.2) is 48.1 Å². The van der Waals surface area contributed by atoms with Crippen LogP contribution in [0, 0.1) is 6.92 Å². The first kappa shape index (κ1) is 17.4. The van der Waals surface area contributed by atoms with Crippen molar-refractivity contribution in [2.75, 3.05) is 0 Å². The number of fused-ring (bicyclic) bond motifs is 3. The van der Waals surface area contributed by atoms with E-state index in [-0.39, 0.29) is 18.0 Å². The summed E-state index contributed by atoms with van der Waals surface area (Å²) in [6, 6.07) is 7.92. The standard InChI is InChI=1S/C22H24N4O2/c1-15-2-3-17(12-24-15)21(27)26-18-4-5-19(26)11-22(28,10-18)14-25-9-7-16-6-8-23-13-20(16)25/h2-3,6-9,12-13,18-19,28H,4-5,10-11,14H2,1H3. The van der Waals surface area contributed by atoms with Gasteiger partial charge >= 0.3 is 0 Å². The second-order valence-corrected chi connectivity index (χ2v) is 8.30. The van der Waals surface area contributed by atoms with Gasteiger partial charge in [-0.3, -0.25) is 14.8 Å². The zero-order chi connectivity index (χ0) is 19.3. The summed E-state index contributed by atoms with van der Waals surface area (Å²) < 4.78 is 2.09. The van der Waals surface area contributed by atoms with Crippen molar-refractivity contribution < 1.29 is 9.90 Å². The molecule has 2 unspecified atom stereocenters. The van der Waals surface area contributed by atoms with E-state index in [0.29, 0.717) is 24.9 Å². The minimum absolute atomic E-state index is 0.0395. The summed E-state index contributed by atoms with van der Waals surface area (Å²) in [4.78, 5) is 23.5. The van der Waals surface area contributed by atoms with Crippen LogP contribution in [0.5, 0.6) is 0 Å². The van der Waals surface area contributed by atoms with Gasteiger partial charge in [-0.15, -0.1) is 0 Å². The van der Waals surface area contributed by atoms with Gasteiger partial charge in [-0.05, 0) is 56.9 Å². The fraction of sp³-hybridized carbons (Fsp3) is 0.409. The Balaban J connectivity index is 1.37. The normalized spacial score (nSPS) is 26.7. The summed E-state index contributed by atoms with van der Waals surface area (Å²) in [5.41, 5.74) is 1.76. The number of carbonyl (C=O) groups excluding carboxylic acids is 1. The molecule has 1 amide bonds. The molecule has 144 valence electrons. The minimum Gasteiger partial charge on any atom is -0.388 e. The van der Waals surface area contributed by atoms with Gasteiger partial charge in [0, 0.05) is 41.8 Å². The van der Waals surface area contributed by atoms with Crippen molar-refractivity contribution in [3.05, 3.63) is 60.3 Å². The molecule has 1 N–H and O–H groups in total. The Bertz CT molecular complexity index is 1010. The molecule has 0 spiro atoms. The van der Waals surface area contributed by atoms with Crippen LogP contribution in [0.2, 0.25) is 0 Å². The van der Waals surface area contributed by atoms with E-state index in [1.54, 1.807) is 12.4 Å². The molecule has 5 rings (SSSR count). The zero-order valence-electron chi connectivity index (χ0n) is 16.0. The largest absolute Gasteiger partial charge is 0.388 e. The van der Waals surface area contributed by atoms with Crippen LogP contribution in [0.25, 0.3) is 10.9 Å². The van der Waals surface area contributed by atoms with Crippen LogP contribution in [-0.2, 0) is 6.54 Å². The van der Waals surface area contributed by atoms with E-state index >= 15 is 0 Å². The first-order chi connectivity index (χ1) is 13.5. The Kier molecular flexibility index (Phi) is 3.98. The van der Waals surface area contributed by atoms with Crippen molar-refractivity contribution in [3.8, 4) is 0 Å². The molecule has 3 aromatic heterocycles. The van der Waals surface area contributed by atoms with Crippen LogP contribution < -0.4 is 0 Å². The number of carbonyl (C=O) groups is 1. The molecule has 0 aromatic carbocycles. The Labute approximate surface area is 163 Å². The lowest BCUT2D eigenvalue weighted by Gasteiger charge is -2.44. The highest BCUT2D eigenvalue weighted by Gasteiger charge is 2.49. The molecule has 28 heavy (non-hydrogen) atoms. The van der Waals surface area contributed by atoms with Crippen molar-refractivity contribution >= 4 is 16.8 Å². The molecular formula is C22H24N4O2. The van der Waals surface area contributed by atoms with Crippen molar-refractivity contribution in [2.24, 2.45) is 0 Å². The number of amides is 1. The van der Waals surface area contributed by atoms with Crippen LogP contribution in [0.15, 0.2) is 49.1 Å². The fourth-order valence-corrected chi connectivity index (χ4v) is 5.01. The van der Waals surface area contributed by atoms with Crippen molar-refractivity contribution in [1.82, 2.24) is 19.4 Å². The number of piperidine rings is 1. The van der Waals surface area contributed by atoms with E-state index < -0.39 is 5.60 Å². The van der Waals surface area contributed by atoms with Gasteiger partial charge in [-0.2, -0.15) is 0 Å². The summed E-state index contributed by atoms with van der Waals surface area (Å²) in [5, 5.41) is 12.5. The number of hydrogen-bond acceptors (Lipinski definition) is 4. The maximum Gasteiger partial charge on any atom is 0.255 e. The minimum atomic E-state index is -0.810. The monoisotopic (exact) mass is 376 g/mol. The molecule has 2 atom stereocenters. The fourth-order valence-electron chi connectivity index (χ4n) is 5.01. The van der Waals surface area contributed by atoms with Crippen LogP contribution in [0.1, 0.15) is 41.7 Å². The van der Waals surface area contributed by atoms with E-state index in [9.17, 15) is 9.90 Å². The molecule has 2 aliphatic rings. The third-order valence-corrected chi connectivity index (χ3v) is 6.28. The molecule has 6 nitrogen and oxygen atoms in total. The molecule has 5 heterocycles. The third kappa shape index (κ3) is 2.88. The predicted octanol–water partition coefficient (Wildman–Crippen LogP) is 2.94. The zero-order valence-corrected chi connectivity index (χ0v) is 16.0. The lowest BCUT2D eigenvalue weighted by molar-refractivity contribution is -0.0533. The maximum atomic E-state index is 13.1. The predicted molar refractivity (Wildman–Crippen MR) is 106 cm³/mol. The number of nitrogens with zero attached hydrogens (tertiary/aromatic N) is 4. The molecule has 2 bridgehead atoms. The van der Waals surface area contributed by atoms with E-state index in [2.05, 4.69) is 20.6 Å². The Morgan fingerprint density at radius 2 is 1.96 bits per heavy atom. The second-order valence-electron chi connectivity index (χ2n) is 8.30. The van der Waals surface area contributed by atoms with E-state index in [4.69, 9.17) is 0 Å². The maximum absolute atomic E-state index is 13.1. The number of rotatable bonds is 3. The average molecular weight is 376 g/mol. The molecule has 2 fully saturated rings. The van der Waals surface area contributed by atoms with Gasteiger partial charge in [0.25, 0.3) is 5.91 Å². The highest BCUT2D eigenvalue weighted by Crippen LogP contribution is 2.42. The van der Waals surface area contributed by atoms with Gasteiger partial charge in [0.2, 0.25) is 0 Å². The first-order valence-electron chi connectivity index (χ1n) is 9.89. The summed E-state index contributed by atoms with van der Waals surface area (Å²) in [5.74, 6) is 0.0395. The van der Waals surface area contributed by atoms with E-state index in [1.165, 1.54) is 0 Å². The summed E-state index contributed by atoms with van der Waals surface area (Å²) in [6.45, 7) is 2.45. The molecule has 0 saturated carbocycles. The van der Waals surface area contributed by atoms with E-state index in [0.717, 1.165) is 29.4 Å². The highest BCUT2D eigenvalue weighted by molar-refractivity contribution is 5.94. The topological polar surface area (TPSA) is 71.2 Å². The van der Waals surface area contributed by atoms with Gasteiger partial charge in [-0.25, -0.2) is 0 Å². The average Bonchev–Trinajstić information content (AvgIpc) is 3.21. The Morgan fingerprint density at radius 1 is 1.18 bits per heavy atom. The van der Waals surface area contributed by atoms with Crippen LogP contribution >= 0.6 is 0 Å². The van der Waals surface area contributed by atoms with Crippen LogP contribution in [0.3, 0.4) is 0 Å². The van der Waals surface area contributed by atoms with Crippen molar-refractivity contribution in [1.29, 1.82) is 0 Å². The molecule has 2 aliphatic heterocycles. The smallest absolute Gasteiger partial charge is 0.255 e. The Morgan fingerprint density at radius 3 is 2.68 bits per heavy atom. The molecule has 6 heteroatoms. The van der Waals surface area contributed by atoms with Crippen molar-refractivity contribution in [3.63, 3.8) is 0 Å². The van der Waals surface area contributed by atoms with Crippen LogP contribution in [0.4, 0.5) is 0 Å². The van der Waals surface area contributed by atoms with Crippen molar-refractivity contribution in [2.45, 2.75) is 56.8 Å². The lowest BCUT2D eigenvalue weighted by Crippen LogP contribution is -2.54. The molecular weight excluding hydrogens is 352 g/mol. The highest BCUT2D eigenvalue weighted by atomic mass is 16.3. The number of aromatic nitrogens is 3. The number of hydrogen-bond donors (Lipinski definition) is 1. The van der Waals surface area contributed by atoms with Gasteiger partial charge in [-0.1, -0.05) is 0 Å². The van der Waals surface area contributed by atoms with Gasteiger partial charge < -0.3 is 14.6 Å². The second kappa shape index (κ2) is 6.41. The molecule has 0 aliphatic carbocycles. The lowest BCUT2D eigenvalue weighted by atomic mass is 9.85. The quantitative estimate of drug-likeness (QED) is 0.763. The number of aryl methyl sites for hydroxylation is 1. The van der Waals surface area contributed by atoms with Gasteiger partial charge in [0.15, 0.2) is 0 Å². The van der Waals surface area contributed by atoms with Gasteiger partial charge in [0.05, 0.1) is 29.4 Å². The first-order valence-corrected chi connectivity index (χ1v) is 9.89. The summed E-state index contributed by atoms with van der Waals surface area (Å²) in [6.07, 6.45) is 10.4. The summed E-state index contributed by atoms with van der Waals surface area (Å²) >= 11 is 0. The van der Waals surface area contributed by atoms with Gasteiger partial charge in [0.1, 0.15) is 0 Å². The molecule has 0 radical (unpaired) electrons. The number of aliphatic hydroxyl groups is 1. The van der Waals surface area contributed by atoms with E-state index in [1.807, 2.05) is 42.4 Å². The molecule has 3 aromatic rings. The Hall–Kier alpha value is -2.73. The summed E-state index contributed by atoms with van der Waals surface area (Å²) in [7, 11) is 0. The third-order valence-electron chi connectivity index (χ3n) is 6.28. The SMILES string of the molecule is Cc1ccc(C(=O)N2C3CCC2CC(O)(Cn2ccc4ccncc42)C3)cn1. The molecule has 2 saturated heterocycles. The number of pyridine rings is 2.